The maximum Gasteiger partial charge on any atom is 0.331 e. The third kappa shape index (κ3) is 6.22. The molecule has 6 heteroatoms. The van der Waals surface area contributed by atoms with Gasteiger partial charge in [0.2, 0.25) is 0 Å². The third-order valence-electron chi connectivity index (χ3n) is 2.96. The van der Waals surface area contributed by atoms with Crippen LogP contribution in [0.5, 0.6) is 0 Å². The van der Waals surface area contributed by atoms with Crippen molar-refractivity contribution in [3.05, 3.63) is 64.6 Å². The molecule has 2 aromatic carbocycles. The molecule has 0 heterocycles. The Morgan fingerprint density at radius 2 is 2.00 bits per heavy atom. The van der Waals surface area contributed by atoms with Crippen LogP contribution in [0.4, 0.5) is 5.69 Å². The van der Waals surface area contributed by atoms with Crippen molar-refractivity contribution in [2.75, 3.05) is 18.2 Å². The molecule has 0 saturated carbocycles. The molecule has 0 bridgehead atoms. The molecule has 2 rings (SSSR count). The van der Waals surface area contributed by atoms with Crippen LogP contribution in [0.25, 0.3) is 6.08 Å². The van der Waals surface area contributed by atoms with E-state index in [9.17, 15) is 9.59 Å². The predicted octanol–water partition coefficient (Wildman–Crippen LogP) is 4.37. The molecular formula is C18H16BrNO3S. The summed E-state index contributed by atoms with van der Waals surface area (Å²) in [6.45, 7) is -0.328. The molecule has 0 radical (unpaired) electrons. The van der Waals surface area contributed by atoms with Crippen molar-refractivity contribution in [1.82, 2.24) is 0 Å². The highest BCUT2D eigenvalue weighted by Gasteiger charge is 2.06. The minimum absolute atomic E-state index is 0.328. The largest absolute Gasteiger partial charge is 0.452 e. The molecule has 0 aliphatic heterocycles. The third-order valence-corrected chi connectivity index (χ3v) is 4.18. The summed E-state index contributed by atoms with van der Waals surface area (Å²) in [6, 6.07) is 14.9. The van der Waals surface area contributed by atoms with Gasteiger partial charge in [0.1, 0.15) is 0 Å². The highest BCUT2D eigenvalue weighted by molar-refractivity contribution is 9.10. The number of benzene rings is 2. The molecule has 124 valence electrons. The van der Waals surface area contributed by atoms with E-state index in [1.54, 1.807) is 23.9 Å². The minimum atomic E-state index is -0.567. The second-order valence-electron chi connectivity index (χ2n) is 4.78. The van der Waals surface area contributed by atoms with Crippen LogP contribution < -0.4 is 5.32 Å². The van der Waals surface area contributed by atoms with Gasteiger partial charge in [0.25, 0.3) is 5.91 Å². The number of hydrogen-bond acceptors (Lipinski definition) is 4. The van der Waals surface area contributed by atoms with Gasteiger partial charge < -0.3 is 10.1 Å². The summed E-state index contributed by atoms with van der Waals surface area (Å²) in [4.78, 5) is 24.5. The normalized spacial score (nSPS) is 10.6. The predicted molar refractivity (Wildman–Crippen MR) is 101 cm³/mol. The first kappa shape index (κ1) is 18.3. The molecule has 0 unspecified atom stereocenters. The van der Waals surface area contributed by atoms with Gasteiger partial charge in [0.15, 0.2) is 6.61 Å². The van der Waals surface area contributed by atoms with E-state index in [2.05, 4.69) is 21.2 Å². The molecule has 4 nitrogen and oxygen atoms in total. The molecule has 0 fully saturated rings. The van der Waals surface area contributed by atoms with Gasteiger partial charge in [-0.1, -0.05) is 34.1 Å². The van der Waals surface area contributed by atoms with E-state index in [0.717, 1.165) is 14.9 Å². The highest BCUT2D eigenvalue weighted by Crippen LogP contribution is 2.18. The van der Waals surface area contributed by atoms with Gasteiger partial charge in [0, 0.05) is 21.1 Å². The van der Waals surface area contributed by atoms with Crippen molar-refractivity contribution in [3.63, 3.8) is 0 Å². The molecule has 0 atom stereocenters. The number of esters is 1. The van der Waals surface area contributed by atoms with E-state index in [4.69, 9.17) is 4.74 Å². The average Bonchev–Trinajstić information content (AvgIpc) is 2.58. The second kappa shape index (κ2) is 9.30. The van der Waals surface area contributed by atoms with Crippen molar-refractivity contribution in [2.24, 2.45) is 0 Å². The van der Waals surface area contributed by atoms with E-state index in [1.807, 2.05) is 48.7 Å². The smallest absolute Gasteiger partial charge is 0.331 e. The Kier molecular flexibility index (Phi) is 7.08. The number of nitrogens with one attached hydrogen (secondary N) is 1. The fourth-order valence-corrected chi connectivity index (χ4v) is 2.73. The number of carbonyl (C=O) groups excluding carboxylic acids is 2. The van der Waals surface area contributed by atoms with Gasteiger partial charge in [0.05, 0.1) is 0 Å². The van der Waals surface area contributed by atoms with E-state index >= 15 is 0 Å². The number of rotatable bonds is 6. The van der Waals surface area contributed by atoms with Crippen LogP contribution in [0.2, 0.25) is 0 Å². The Hall–Kier alpha value is -2.05. The maximum absolute atomic E-state index is 11.8. The van der Waals surface area contributed by atoms with Crippen LogP contribution in [0, 0.1) is 0 Å². The fourth-order valence-electron chi connectivity index (χ4n) is 1.86. The zero-order chi connectivity index (χ0) is 17.4. The van der Waals surface area contributed by atoms with Crippen molar-refractivity contribution < 1.29 is 14.3 Å². The van der Waals surface area contributed by atoms with Crippen LogP contribution in [-0.2, 0) is 14.3 Å². The molecule has 0 aromatic heterocycles. The summed E-state index contributed by atoms with van der Waals surface area (Å²) in [6.07, 6.45) is 4.89. The Labute approximate surface area is 153 Å². The van der Waals surface area contributed by atoms with E-state index in [1.165, 1.54) is 6.08 Å². The van der Waals surface area contributed by atoms with E-state index < -0.39 is 5.97 Å². The van der Waals surface area contributed by atoms with Crippen LogP contribution in [0.1, 0.15) is 5.56 Å². The lowest BCUT2D eigenvalue weighted by molar-refractivity contribution is -0.142. The monoisotopic (exact) mass is 405 g/mol. The first-order valence-corrected chi connectivity index (χ1v) is 9.13. The zero-order valence-corrected chi connectivity index (χ0v) is 15.4. The number of amides is 1. The van der Waals surface area contributed by atoms with Crippen LogP contribution in [0.15, 0.2) is 64.0 Å². The SMILES string of the molecule is CSc1cccc(NC(=O)COC(=O)C=Cc2cccc(Br)c2)c1. The molecule has 24 heavy (non-hydrogen) atoms. The van der Waals surface area contributed by atoms with E-state index in [-0.39, 0.29) is 12.5 Å². The molecule has 0 saturated heterocycles. The summed E-state index contributed by atoms with van der Waals surface area (Å²) in [5.74, 6) is -0.944. The van der Waals surface area contributed by atoms with Crippen LogP contribution >= 0.6 is 27.7 Å². The van der Waals surface area contributed by atoms with Gasteiger partial charge >= 0.3 is 5.97 Å². The van der Waals surface area contributed by atoms with Crippen molar-refractivity contribution >= 4 is 51.3 Å². The molecule has 1 amide bonds. The number of ether oxygens (including phenoxy) is 1. The molecule has 0 aliphatic rings. The van der Waals surface area contributed by atoms with Crippen molar-refractivity contribution in [3.8, 4) is 0 Å². The second-order valence-corrected chi connectivity index (χ2v) is 6.57. The highest BCUT2D eigenvalue weighted by atomic mass is 79.9. The number of halogens is 1. The number of anilines is 1. The molecule has 2 aromatic rings. The molecule has 0 spiro atoms. The minimum Gasteiger partial charge on any atom is -0.452 e. The fraction of sp³-hybridized carbons (Fsp3) is 0.111. The van der Waals surface area contributed by atoms with Crippen molar-refractivity contribution in [2.45, 2.75) is 4.90 Å². The Morgan fingerprint density at radius 3 is 2.75 bits per heavy atom. The van der Waals surface area contributed by atoms with Gasteiger partial charge in [-0.15, -0.1) is 11.8 Å². The first-order valence-electron chi connectivity index (χ1n) is 7.11. The molecular weight excluding hydrogens is 390 g/mol. The lowest BCUT2D eigenvalue weighted by Crippen LogP contribution is -2.20. The van der Waals surface area contributed by atoms with Gasteiger partial charge in [-0.2, -0.15) is 0 Å². The zero-order valence-electron chi connectivity index (χ0n) is 13.0. The Balaban J connectivity index is 1.81. The summed E-state index contributed by atoms with van der Waals surface area (Å²) < 4.78 is 5.85. The van der Waals surface area contributed by atoms with Crippen LogP contribution in [0.3, 0.4) is 0 Å². The molecule has 0 aliphatic carbocycles. The number of carbonyl (C=O) groups is 2. The first-order chi connectivity index (χ1) is 11.6. The lowest BCUT2D eigenvalue weighted by Gasteiger charge is -2.06. The van der Waals surface area contributed by atoms with Gasteiger partial charge in [-0.25, -0.2) is 4.79 Å². The topological polar surface area (TPSA) is 55.4 Å². The van der Waals surface area contributed by atoms with Gasteiger partial charge in [-0.05, 0) is 48.2 Å². The Bertz CT molecular complexity index is 761. The lowest BCUT2D eigenvalue weighted by atomic mass is 10.2. The standard InChI is InChI=1S/C18H16BrNO3S/c1-24-16-7-3-6-15(11-16)20-17(21)12-23-18(22)9-8-13-4-2-5-14(19)10-13/h2-11H,12H2,1H3,(H,20,21). The quantitative estimate of drug-likeness (QED) is 0.440. The number of thioether (sulfide) groups is 1. The average molecular weight is 406 g/mol. The Morgan fingerprint density at radius 1 is 1.21 bits per heavy atom. The summed E-state index contributed by atoms with van der Waals surface area (Å²) in [7, 11) is 0. The van der Waals surface area contributed by atoms with Crippen molar-refractivity contribution in [1.29, 1.82) is 0 Å². The summed E-state index contributed by atoms with van der Waals surface area (Å²) >= 11 is 4.94. The summed E-state index contributed by atoms with van der Waals surface area (Å²) in [5.41, 5.74) is 1.53. The molecule has 1 N–H and O–H groups in total. The number of hydrogen-bond donors (Lipinski definition) is 1. The summed E-state index contributed by atoms with van der Waals surface area (Å²) in [5, 5.41) is 2.69. The maximum atomic E-state index is 11.8. The van der Waals surface area contributed by atoms with E-state index in [0.29, 0.717) is 5.69 Å². The van der Waals surface area contributed by atoms with Gasteiger partial charge in [-0.3, -0.25) is 4.79 Å². The van der Waals surface area contributed by atoms with Crippen LogP contribution in [-0.4, -0.2) is 24.7 Å².